The van der Waals surface area contributed by atoms with Crippen LogP contribution in [0, 0.1) is 5.92 Å². The van der Waals surface area contributed by atoms with Crippen LogP contribution in [0.4, 0.5) is 0 Å². The van der Waals surface area contributed by atoms with Crippen molar-refractivity contribution < 1.29 is 9.21 Å². The Kier molecular flexibility index (Phi) is 4.15. The van der Waals surface area contributed by atoms with Gasteiger partial charge in [0.05, 0.1) is 5.56 Å². The molecule has 5 nitrogen and oxygen atoms in total. The largest absolute Gasteiger partial charge is 0.430 e. The zero-order valence-corrected chi connectivity index (χ0v) is 10.5. The highest BCUT2D eigenvalue weighted by Crippen LogP contribution is 2.18. The van der Waals surface area contributed by atoms with Gasteiger partial charge in [0.1, 0.15) is 6.26 Å². The smallest absolute Gasteiger partial charge is 0.335 e. The number of hydrogen-bond acceptors (Lipinski definition) is 4. The Bertz CT molecular complexity index is 441. The molecule has 1 N–H and O–H groups in total. The average Bonchev–Trinajstić information content (AvgIpc) is 2.40. The van der Waals surface area contributed by atoms with Gasteiger partial charge in [-0.25, -0.2) is 4.79 Å². The Balaban J connectivity index is 1.95. The number of carbonyl (C=O) groups excluding carboxylic acids is 1. The Morgan fingerprint density at radius 3 is 2.72 bits per heavy atom. The van der Waals surface area contributed by atoms with Crippen molar-refractivity contribution in [3.63, 3.8) is 0 Å². The maximum atomic E-state index is 12.1. The summed E-state index contributed by atoms with van der Waals surface area (Å²) in [6.45, 7) is 2.54. The van der Waals surface area contributed by atoms with Crippen LogP contribution in [0.25, 0.3) is 0 Å². The van der Waals surface area contributed by atoms with E-state index in [1.54, 1.807) is 0 Å². The Morgan fingerprint density at radius 2 is 2.17 bits per heavy atom. The third-order valence-electron chi connectivity index (χ3n) is 3.34. The fourth-order valence-electron chi connectivity index (χ4n) is 2.29. The number of nitrogens with zero attached hydrogens (tertiary/aromatic N) is 1. The molecule has 0 radical (unpaired) electrons. The molecule has 1 aromatic heterocycles. The molecular formula is C13H18N2O3. The number of likely N-dealkylation sites (tertiary alicyclic amines) is 1. The molecule has 0 spiro atoms. The Morgan fingerprint density at radius 1 is 1.44 bits per heavy atom. The lowest BCUT2D eigenvalue weighted by atomic mass is 9.96. The topological polar surface area (TPSA) is 62.6 Å². The van der Waals surface area contributed by atoms with Gasteiger partial charge in [0.25, 0.3) is 5.91 Å². The molecule has 1 aliphatic rings. The van der Waals surface area contributed by atoms with Gasteiger partial charge in [0.2, 0.25) is 0 Å². The van der Waals surface area contributed by atoms with Crippen LogP contribution in [0.1, 0.15) is 23.2 Å². The van der Waals surface area contributed by atoms with E-state index in [-0.39, 0.29) is 5.91 Å². The van der Waals surface area contributed by atoms with Gasteiger partial charge in [-0.1, -0.05) is 0 Å². The van der Waals surface area contributed by atoms with Crippen molar-refractivity contribution in [1.29, 1.82) is 0 Å². The predicted octanol–water partition coefficient (Wildman–Crippen LogP) is 0.711. The minimum Gasteiger partial charge on any atom is -0.430 e. The van der Waals surface area contributed by atoms with Crippen LogP contribution in [0.2, 0.25) is 0 Å². The minimum absolute atomic E-state index is 0.0540. The third-order valence-corrected chi connectivity index (χ3v) is 3.34. The van der Waals surface area contributed by atoms with E-state index >= 15 is 0 Å². The molecule has 1 aromatic rings. The summed E-state index contributed by atoms with van der Waals surface area (Å²) in [5.74, 6) is 0.592. The van der Waals surface area contributed by atoms with E-state index in [2.05, 4.69) is 5.32 Å². The van der Waals surface area contributed by atoms with Crippen molar-refractivity contribution in [1.82, 2.24) is 10.2 Å². The number of amides is 1. The Hall–Kier alpha value is -1.62. The summed E-state index contributed by atoms with van der Waals surface area (Å²) in [5, 5.41) is 3.17. The van der Waals surface area contributed by atoms with Crippen LogP contribution in [0.3, 0.4) is 0 Å². The molecule has 1 aliphatic heterocycles. The van der Waals surface area contributed by atoms with Crippen molar-refractivity contribution in [2.24, 2.45) is 5.92 Å². The normalized spacial score (nSPS) is 16.8. The summed E-state index contributed by atoms with van der Waals surface area (Å²) in [6, 6.07) is 2.80. The molecule has 5 heteroatoms. The van der Waals surface area contributed by atoms with Crippen molar-refractivity contribution in [3.05, 3.63) is 34.4 Å². The number of hydrogen-bond donors (Lipinski definition) is 1. The molecule has 0 aromatic carbocycles. The standard InChI is InChI=1S/C13H18N2O3/c1-14-8-10-4-6-15(7-5-10)13(17)11-2-3-12(16)18-9-11/h2-3,9-10,14H,4-8H2,1H3. The van der Waals surface area contributed by atoms with E-state index < -0.39 is 5.63 Å². The second-order valence-electron chi connectivity index (χ2n) is 4.64. The van der Waals surface area contributed by atoms with Gasteiger partial charge in [-0.2, -0.15) is 0 Å². The molecule has 0 unspecified atom stereocenters. The van der Waals surface area contributed by atoms with Gasteiger partial charge in [-0.05, 0) is 38.4 Å². The van der Waals surface area contributed by atoms with Crippen molar-refractivity contribution in [3.8, 4) is 0 Å². The lowest BCUT2D eigenvalue weighted by Gasteiger charge is -2.31. The molecule has 98 valence electrons. The summed E-state index contributed by atoms with van der Waals surface area (Å²) < 4.78 is 4.72. The van der Waals surface area contributed by atoms with Gasteiger partial charge in [-0.15, -0.1) is 0 Å². The second kappa shape index (κ2) is 5.82. The SMILES string of the molecule is CNCC1CCN(C(=O)c2ccc(=O)oc2)CC1. The summed E-state index contributed by atoms with van der Waals surface area (Å²) in [7, 11) is 1.95. The van der Waals surface area contributed by atoms with E-state index in [0.29, 0.717) is 11.5 Å². The van der Waals surface area contributed by atoms with Gasteiger partial charge in [0.15, 0.2) is 0 Å². The summed E-state index contributed by atoms with van der Waals surface area (Å²) >= 11 is 0. The van der Waals surface area contributed by atoms with Gasteiger partial charge in [-0.3, -0.25) is 4.79 Å². The molecule has 0 aliphatic carbocycles. The zero-order chi connectivity index (χ0) is 13.0. The highest BCUT2D eigenvalue weighted by atomic mass is 16.4. The predicted molar refractivity (Wildman–Crippen MR) is 67.5 cm³/mol. The van der Waals surface area contributed by atoms with Crippen LogP contribution in [-0.2, 0) is 0 Å². The molecule has 2 rings (SSSR count). The molecule has 2 heterocycles. The maximum absolute atomic E-state index is 12.1. The third kappa shape index (κ3) is 2.98. The van der Waals surface area contributed by atoms with E-state index in [9.17, 15) is 9.59 Å². The van der Waals surface area contributed by atoms with Crippen molar-refractivity contribution in [2.45, 2.75) is 12.8 Å². The van der Waals surface area contributed by atoms with Gasteiger partial charge < -0.3 is 14.6 Å². The van der Waals surface area contributed by atoms with E-state index in [1.165, 1.54) is 18.4 Å². The average molecular weight is 250 g/mol. The molecule has 18 heavy (non-hydrogen) atoms. The second-order valence-corrected chi connectivity index (χ2v) is 4.64. The number of carbonyl (C=O) groups is 1. The van der Waals surface area contributed by atoms with E-state index in [0.717, 1.165) is 32.5 Å². The highest BCUT2D eigenvalue weighted by Gasteiger charge is 2.23. The van der Waals surface area contributed by atoms with Crippen LogP contribution in [-0.4, -0.2) is 37.5 Å². The highest BCUT2D eigenvalue weighted by molar-refractivity contribution is 5.93. The number of rotatable bonds is 3. The lowest BCUT2D eigenvalue weighted by molar-refractivity contribution is 0.0688. The zero-order valence-electron chi connectivity index (χ0n) is 10.5. The molecule has 1 saturated heterocycles. The van der Waals surface area contributed by atoms with Gasteiger partial charge >= 0.3 is 5.63 Å². The molecule has 0 saturated carbocycles. The first-order valence-corrected chi connectivity index (χ1v) is 6.23. The van der Waals surface area contributed by atoms with Crippen LogP contribution >= 0.6 is 0 Å². The van der Waals surface area contributed by atoms with E-state index in [4.69, 9.17) is 4.42 Å². The lowest BCUT2D eigenvalue weighted by Crippen LogP contribution is -2.40. The summed E-state index contributed by atoms with van der Waals surface area (Å²) in [4.78, 5) is 24.8. The molecule has 0 bridgehead atoms. The monoisotopic (exact) mass is 250 g/mol. The van der Waals surface area contributed by atoms with Gasteiger partial charge in [0, 0.05) is 19.2 Å². The molecule has 1 fully saturated rings. The number of piperidine rings is 1. The fourth-order valence-corrected chi connectivity index (χ4v) is 2.29. The maximum Gasteiger partial charge on any atom is 0.335 e. The first-order valence-electron chi connectivity index (χ1n) is 6.23. The minimum atomic E-state index is -0.431. The summed E-state index contributed by atoms with van der Waals surface area (Å²) in [6.07, 6.45) is 3.27. The fraction of sp³-hybridized carbons (Fsp3) is 0.538. The summed E-state index contributed by atoms with van der Waals surface area (Å²) in [5.41, 5.74) is 0.0148. The van der Waals surface area contributed by atoms with E-state index in [1.807, 2.05) is 11.9 Å². The molecule has 0 atom stereocenters. The quantitative estimate of drug-likeness (QED) is 0.858. The first-order chi connectivity index (χ1) is 8.70. The first kappa shape index (κ1) is 12.8. The van der Waals surface area contributed by atoms with Crippen LogP contribution in [0.5, 0.6) is 0 Å². The molecular weight excluding hydrogens is 232 g/mol. The van der Waals surface area contributed by atoms with Crippen LogP contribution < -0.4 is 10.9 Å². The Labute approximate surface area is 106 Å². The van der Waals surface area contributed by atoms with Crippen molar-refractivity contribution >= 4 is 5.91 Å². The molecule has 1 amide bonds. The van der Waals surface area contributed by atoms with Crippen LogP contribution in [0.15, 0.2) is 27.6 Å². The van der Waals surface area contributed by atoms with Crippen molar-refractivity contribution in [2.75, 3.05) is 26.7 Å². The number of nitrogens with one attached hydrogen (secondary N) is 1.